The fourth-order valence-corrected chi connectivity index (χ4v) is 2.91. The van der Waals surface area contributed by atoms with Crippen LogP contribution < -0.4 is 15.8 Å². The first-order chi connectivity index (χ1) is 10.7. The molecule has 0 spiro atoms. The topological polar surface area (TPSA) is 47.3 Å². The van der Waals surface area contributed by atoms with Crippen molar-refractivity contribution < 1.29 is 9.13 Å². The zero-order valence-corrected chi connectivity index (χ0v) is 13.4. The summed E-state index contributed by atoms with van der Waals surface area (Å²) in [5.41, 5.74) is 6.48. The van der Waals surface area contributed by atoms with E-state index in [1.165, 1.54) is 43.7 Å². The van der Waals surface area contributed by atoms with Crippen molar-refractivity contribution in [3.63, 3.8) is 0 Å². The lowest BCUT2D eigenvalue weighted by atomic mass is 9.94. The van der Waals surface area contributed by atoms with Crippen LogP contribution in [0, 0.1) is 0 Å². The van der Waals surface area contributed by atoms with Crippen molar-refractivity contribution in [3.8, 4) is 5.75 Å². The molecule has 22 heavy (non-hydrogen) atoms. The van der Waals surface area contributed by atoms with E-state index in [1.807, 2.05) is 24.3 Å². The summed E-state index contributed by atoms with van der Waals surface area (Å²) in [7, 11) is 0. The zero-order chi connectivity index (χ0) is 15.8. The standard InChI is InChI=1S/C18H27FN2O/c1-14(21-17-5-3-2-4-6-17)15-7-9-18(10-8-15)22-13-16(19)11-12-20/h7-11,14,17,21H,2-6,12-13,20H2,1H3. The van der Waals surface area contributed by atoms with Gasteiger partial charge < -0.3 is 15.8 Å². The number of nitrogens with two attached hydrogens (primary N) is 1. The molecular weight excluding hydrogens is 279 g/mol. The summed E-state index contributed by atoms with van der Waals surface area (Å²) in [5, 5.41) is 3.70. The molecule has 0 saturated heterocycles. The predicted molar refractivity (Wildman–Crippen MR) is 88.6 cm³/mol. The minimum atomic E-state index is -0.334. The molecule has 1 unspecified atom stereocenters. The first-order valence-electron chi connectivity index (χ1n) is 8.22. The first-order valence-corrected chi connectivity index (χ1v) is 8.22. The summed E-state index contributed by atoms with van der Waals surface area (Å²) < 4.78 is 18.6. The molecule has 1 aliphatic rings. The summed E-state index contributed by atoms with van der Waals surface area (Å²) >= 11 is 0. The Labute approximate surface area is 132 Å². The maximum absolute atomic E-state index is 13.2. The van der Waals surface area contributed by atoms with Crippen molar-refractivity contribution in [2.24, 2.45) is 5.73 Å². The van der Waals surface area contributed by atoms with Crippen molar-refractivity contribution in [3.05, 3.63) is 41.7 Å². The normalized spacial score (nSPS) is 18.2. The zero-order valence-electron chi connectivity index (χ0n) is 13.4. The largest absolute Gasteiger partial charge is 0.487 e. The van der Waals surface area contributed by atoms with Gasteiger partial charge in [0.15, 0.2) is 0 Å². The van der Waals surface area contributed by atoms with E-state index in [9.17, 15) is 4.39 Å². The Bertz CT molecular complexity index is 466. The molecule has 3 nitrogen and oxygen atoms in total. The lowest BCUT2D eigenvalue weighted by molar-refractivity contribution is 0.318. The summed E-state index contributed by atoms with van der Waals surface area (Å²) in [6, 6.07) is 8.83. The molecule has 1 aliphatic carbocycles. The van der Waals surface area contributed by atoms with Crippen LogP contribution in [-0.4, -0.2) is 19.2 Å². The highest BCUT2D eigenvalue weighted by atomic mass is 19.1. The SMILES string of the molecule is CC(NC1CCCCC1)c1ccc(OCC(F)=CCN)cc1. The molecule has 1 atom stereocenters. The van der Waals surface area contributed by atoms with Gasteiger partial charge in [0.1, 0.15) is 18.2 Å². The van der Waals surface area contributed by atoms with Crippen LogP contribution >= 0.6 is 0 Å². The van der Waals surface area contributed by atoms with Crippen molar-refractivity contribution in [1.29, 1.82) is 0 Å². The van der Waals surface area contributed by atoms with E-state index in [-0.39, 0.29) is 19.0 Å². The number of hydrogen-bond acceptors (Lipinski definition) is 3. The molecule has 3 N–H and O–H groups in total. The number of ether oxygens (including phenoxy) is 1. The summed E-state index contributed by atoms with van der Waals surface area (Å²) in [4.78, 5) is 0. The van der Waals surface area contributed by atoms with E-state index >= 15 is 0 Å². The lowest BCUT2D eigenvalue weighted by Crippen LogP contribution is -2.33. The minimum Gasteiger partial charge on any atom is -0.487 e. The molecule has 0 aliphatic heterocycles. The molecule has 2 rings (SSSR count). The molecule has 0 bridgehead atoms. The highest BCUT2D eigenvalue weighted by molar-refractivity contribution is 5.29. The molecule has 1 saturated carbocycles. The molecule has 0 amide bonds. The summed E-state index contributed by atoms with van der Waals surface area (Å²) in [6.07, 6.45) is 7.91. The molecular formula is C18H27FN2O. The average Bonchev–Trinajstić information content (AvgIpc) is 2.54. The van der Waals surface area contributed by atoms with E-state index in [2.05, 4.69) is 12.2 Å². The predicted octanol–water partition coefficient (Wildman–Crippen LogP) is 3.86. The van der Waals surface area contributed by atoms with Crippen LogP contribution in [0.2, 0.25) is 0 Å². The Hall–Kier alpha value is -1.39. The van der Waals surface area contributed by atoms with E-state index in [0.717, 1.165) is 0 Å². The number of halogens is 1. The van der Waals surface area contributed by atoms with Crippen LogP contribution in [0.1, 0.15) is 50.6 Å². The summed E-state index contributed by atoms with van der Waals surface area (Å²) in [6.45, 7) is 2.32. The van der Waals surface area contributed by atoms with E-state index in [0.29, 0.717) is 17.8 Å². The van der Waals surface area contributed by atoms with Gasteiger partial charge in [-0.3, -0.25) is 0 Å². The van der Waals surface area contributed by atoms with E-state index in [1.54, 1.807) is 0 Å². The molecule has 0 heterocycles. The Morgan fingerprint density at radius 3 is 2.64 bits per heavy atom. The number of hydrogen-bond donors (Lipinski definition) is 2. The van der Waals surface area contributed by atoms with Gasteiger partial charge in [0.05, 0.1) is 0 Å². The number of benzene rings is 1. The van der Waals surface area contributed by atoms with Gasteiger partial charge in [-0.1, -0.05) is 31.4 Å². The Morgan fingerprint density at radius 1 is 1.32 bits per heavy atom. The van der Waals surface area contributed by atoms with Crippen molar-refractivity contribution in [2.45, 2.75) is 51.1 Å². The third-order valence-electron chi connectivity index (χ3n) is 4.19. The smallest absolute Gasteiger partial charge is 0.139 e. The molecule has 1 fully saturated rings. The van der Waals surface area contributed by atoms with Crippen LogP contribution in [0.3, 0.4) is 0 Å². The molecule has 4 heteroatoms. The van der Waals surface area contributed by atoms with Gasteiger partial charge >= 0.3 is 0 Å². The van der Waals surface area contributed by atoms with Crippen molar-refractivity contribution >= 4 is 0 Å². The van der Waals surface area contributed by atoms with Crippen LogP contribution in [0.5, 0.6) is 5.75 Å². The second kappa shape index (κ2) is 8.91. The fraction of sp³-hybridized carbons (Fsp3) is 0.556. The van der Waals surface area contributed by atoms with Crippen LogP contribution in [-0.2, 0) is 0 Å². The minimum absolute atomic E-state index is 0.0631. The second-order valence-corrected chi connectivity index (χ2v) is 5.97. The molecule has 1 aromatic carbocycles. The van der Waals surface area contributed by atoms with Gasteiger partial charge in [0.25, 0.3) is 0 Å². The van der Waals surface area contributed by atoms with Gasteiger partial charge in [-0.2, -0.15) is 0 Å². The Balaban J connectivity index is 1.83. The summed E-state index contributed by atoms with van der Waals surface area (Å²) in [5.74, 6) is 0.341. The monoisotopic (exact) mass is 306 g/mol. The van der Waals surface area contributed by atoms with E-state index in [4.69, 9.17) is 10.5 Å². The lowest BCUT2D eigenvalue weighted by Gasteiger charge is -2.27. The maximum atomic E-state index is 13.2. The third kappa shape index (κ3) is 5.43. The van der Waals surface area contributed by atoms with Gasteiger partial charge in [-0.25, -0.2) is 4.39 Å². The second-order valence-electron chi connectivity index (χ2n) is 5.97. The van der Waals surface area contributed by atoms with Gasteiger partial charge in [-0.15, -0.1) is 0 Å². The van der Waals surface area contributed by atoms with Crippen LogP contribution in [0.4, 0.5) is 4.39 Å². The Morgan fingerprint density at radius 2 is 2.00 bits per heavy atom. The molecule has 122 valence electrons. The quantitative estimate of drug-likeness (QED) is 0.804. The molecule has 0 aromatic heterocycles. The van der Waals surface area contributed by atoms with Crippen LogP contribution in [0.25, 0.3) is 0 Å². The average molecular weight is 306 g/mol. The fourth-order valence-electron chi connectivity index (χ4n) is 2.91. The van der Waals surface area contributed by atoms with Crippen LogP contribution in [0.15, 0.2) is 36.2 Å². The number of nitrogens with one attached hydrogen (secondary N) is 1. The Kier molecular flexibility index (Phi) is 6.87. The molecule has 0 radical (unpaired) electrons. The maximum Gasteiger partial charge on any atom is 0.139 e. The first kappa shape index (κ1) is 17.0. The van der Waals surface area contributed by atoms with Crippen molar-refractivity contribution in [2.75, 3.05) is 13.2 Å². The third-order valence-corrected chi connectivity index (χ3v) is 4.19. The van der Waals surface area contributed by atoms with Crippen molar-refractivity contribution in [1.82, 2.24) is 5.32 Å². The van der Waals surface area contributed by atoms with Gasteiger partial charge in [0.2, 0.25) is 0 Å². The number of rotatable bonds is 7. The highest BCUT2D eigenvalue weighted by Crippen LogP contribution is 2.23. The van der Waals surface area contributed by atoms with Gasteiger partial charge in [-0.05, 0) is 43.5 Å². The van der Waals surface area contributed by atoms with E-state index < -0.39 is 0 Å². The highest BCUT2D eigenvalue weighted by Gasteiger charge is 2.16. The molecule has 1 aromatic rings. The van der Waals surface area contributed by atoms with Gasteiger partial charge in [0, 0.05) is 18.6 Å².